The Hall–Kier alpha value is -2.12. The van der Waals surface area contributed by atoms with Crippen LogP contribution in [-0.2, 0) is 11.3 Å². The van der Waals surface area contributed by atoms with Crippen LogP contribution >= 0.6 is 11.3 Å². The van der Waals surface area contributed by atoms with E-state index in [-0.39, 0.29) is 17.3 Å². The summed E-state index contributed by atoms with van der Waals surface area (Å²) in [5.41, 5.74) is 2.66. The Labute approximate surface area is 151 Å². The van der Waals surface area contributed by atoms with Crippen molar-refractivity contribution in [2.24, 2.45) is 0 Å². The first-order valence-corrected chi connectivity index (χ1v) is 9.47. The molecule has 25 heavy (non-hydrogen) atoms. The van der Waals surface area contributed by atoms with Gasteiger partial charge in [0.15, 0.2) is 0 Å². The molecule has 134 valence electrons. The van der Waals surface area contributed by atoms with Crippen molar-refractivity contribution in [2.45, 2.75) is 20.4 Å². The van der Waals surface area contributed by atoms with Crippen LogP contribution in [0.1, 0.15) is 12.6 Å². The van der Waals surface area contributed by atoms with Gasteiger partial charge in [-0.1, -0.05) is 30.4 Å². The number of aryl methyl sites for hydroxylation is 1. The zero-order valence-corrected chi connectivity index (χ0v) is 15.5. The molecule has 1 aliphatic heterocycles. The van der Waals surface area contributed by atoms with E-state index in [2.05, 4.69) is 22.0 Å². The molecule has 0 saturated carbocycles. The van der Waals surface area contributed by atoms with Crippen molar-refractivity contribution in [1.82, 2.24) is 9.47 Å². The van der Waals surface area contributed by atoms with Gasteiger partial charge in [0.05, 0.1) is 11.4 Å². The predicted octanol–water partition coefficient (Wildman–Crippen LogP) is 2.00. The van der Waals surface area contributed by atoms with Gasteiger partial charge in [0.25, 0.3) is 0 Å². The maximum Gasteiger partial charge on any atom is 0.307 e. The third kappa shape index (κ3) is 4.11. The second kappa shape index (κ2) is 7.84. The first-order chi connectivity index (χ1) is 12.1. The second-order valence-corrected chi connectivity index (χ2v) is 7.04. The second-order valence-electron chi connectivity index (χ2n) is 6.22. The van der Waals surface area contributed by atoms with Gasteiger partial charge < -0.3 is 15.1 Å². The minimum absolute atomic E-state index is 0.0477. The molecule has 0 unspecified atom stereocenters. The molecule has 1 saturated heterocycles. The van der Waals surface area contributed by atoms with Crippen molar-refractivity contribution in [1.29, 1.82) is 0 Å². The van der Waals surface area contributed by atoms with Gasteiger partial charge in [-0.3, -0.25) is 14.2 Å². The first-order valence-electron chi connectivity index (χ1n) is 8.59. The third-order valence-corrected chi connectivity index (χ3v) is 5.50. The van der Waals surface area contributed by atoms with Crippen LogP contribution in [-0.4, -0.2) is 48.1 Å². The van der Waals surface area contributed by atoms with E-state index in [1.807, 2.05) is 31.2 Å². The van der Waals surface area contributed by atoms with Crippen molar-refractivity contribution in [3.8, 4) is 0 Å². The minimum atomic E-state index is -0.178. The highest BCUT2D eigenvalue weighted by molar-refractivity contribution is 7.07. The molecule has 3 rings (SSSR count). The quantitative estimate of drug-likeness (QED) is 0.886. The molecule has 0 bridgehead atoms. The normalized spacial score (nSPS) is 15.4. The Balaban J connectivity index is 1.71. The Bertz CT molecular complexity index is 790. The number of para-hydroxylation sites is 2. The number of amides is 1. The van der Waals surface area contributed by atoms with Crippen LogP contribution < -0.4 is 15.1 Å². The summed E-state index contributed by atoms with van der Waals surface area (Å²) in [6.07, 6.45) is 0. The molecule has 2 heterocycles. The van der Waals surface area contributed by atoms with Crippen LogP contribution in [0, 0.1) is 6.92 Å². The fourth-order valence-electron chi connectivity index (χ4n) is 3.09. The van der Waals surface area contributed by atoms with Crippen molar-refractivity contribution in [3.05, 3.63) is 45.0 Å². The van der Waals surface area contributed by atoms with Gasteiger partial charge >= 0.3 is 4.87 Å². The molecular weight excluding hydrogens is 336 g/mol. The number of nitrogens with one attached hydrogen (secondary N) is 1. The Morgan fingerprint density at radius 3 is 2.56 bits per heavy atom. The topological polar surface area (TPSA) is 57.6 Å². The maximum absolute atomic E-state index is 12.4. The molecule has 1 aromatic heterocycles. The molecule has 6 nitrogen and oxygen atoms in total. The summed E-state index contributed by atoms with van der Waals surface area (Å²) in [7, 11) is 0. The van der Waals surface area contributed by atoms with Gasteiger partial charge in [-0.05, 0) is 25.6 Å². The number of likely N-dealkylation sites (N-methyl/N-ethyl adjacent to an activating group) is 1. The highest BCUT2D eigenvalue weighted by Gasteiger charge is 2.19. The average molecular weight is 360 g/mol. The molecule has 1 aromatic carbocycles. The number of carbonyl (C=O) groups excluding carboxylic acids is 1. The summed E-state index contributed by atoms with van der Waals surface area (Å²) >= 11 is 1.12. The Morgan fingerprint density at radius 2 is 1.92 bits per heavy atom. The molecule has 1 amide bonds. The number of hydrogen-bond donors (Lipinski definition) is 1. The SMILES string of the molecule is CCN1CCN(c2ccccc2NC(=O)Cn2c(C)csc2=O)CC1. The number of rotatable bonds is 5. The van der Waals surface area contributed by atoms with E-state index in [0.717, 1.165) is 61.1 Å². The van der Waals surface area contributed by atoms with Crippen molar-refractivity contribution < 1.29 is 4.79 Å². The standard InChI is InChI=1S/C18H24N4O2S/c1-3-20-8-10-21(11-9-20)16-7-5-4-6-15(16)19-17(23)12-22-14(2)13-25-18(22)24/h4-7,13H,3,8-12H2,1-2H3,(H,19,23). The predicted molar refractivity (Wildman–Crippen MR) is 103 cm³/mol. The van der Waals surface area contributed by atoms with Crippen molar-refractivity contribution in [3.63, 3.8) is 0 Å². The molecule has 0 atom stereocenters. The molecular formula is C18H24N4O2S. The van der Waals surface area contributed by atoms with E-state index in [1.165, 1.54) is 4.57 Å². The van der Waals surface area contributed by atoms with E-state index in [1.54, 1.807) is 5.38 Å². The fraction of sp³-hybridized carbons (Fsp3) is 0.444. The number of anilines is 2. The van der Waals surface area contributed by atoms with E-state index in [0.29, 0.717) is 0 Å². The molecule has 0 radical (unpaired) electrons. The summed E-state index contributed by atoms with van der Waals surface area (Å²) in [4.78, 5) is 28.8. The van der Waals surface area contributed by atoms with Gasteiger partial charge in [-0.2, -0.15) is 0 Å². The summed E-state index contributed by atoms with van der Waals surface area (Å²) in [5.74, 6) is -0.178. The minimum Gasteiger partial charge on any atom is -0.367 e. The molecule has 7 heteroatoms. The van der Waals surface area contributed by atoms with Gasteiger partial charge in [0.2, 0.25) is 5.91 Å². The summed E-state index contributed by atoms with van der Waals surface area (Å²) < 4.78 is 1.50. The lowest BCUT2D eigenvalue weighted by atomic mass is 10.2. The molecule has 1 N–H and O–H groups in total. The van der Waals surface area contributed by atoms with E-state index in [9.17, 15) is 9.59 Å². The highest BCUT2D eigenvalue weighted by atomic mass is 32.1. The molecule has 1 aliphatic rings. The van der Waals surface area contributed by atoms with E-state index < -0.39 is 0 Å². The van der Waals surface area contributed by atoms with Crippen LogP contribution in [0.4, 0.5) is 11.4 Å². The molecule has 1 fully saturated rings. The number of carbonyl (C=O) groups is 1. The largest absolute Gasteiger partial charge is 0.367 e. The number of hydrogen-bond acceptors (Lipinski definition) is 5. The van der Waals surface area contributed by atoms with Gasteiger partial charge in [-0.15, -0.1) is 0 Å². The lowest BCUT2D eigenvalue weighted by Crippen LogP contribution is -2.46. The highest BCUT2D eigenvalue weighted by Crippen LogP contribution is 2.26. The van der Waals surface area contributed by atoms with E-state index in [4.69, 9.17) is 0 Å². The number of piperazine rings is 1. The zero-order chi connectivity index (χ0) is 17.8. The van der Waals surface area contributed by atoms with Crippen LogP contribution in [0.2, 0.25) is 0 Å². The molecule has 0 spiro atoms. The lowest BCUT2D eigenvalue weighted by molar-refractivity contribution is -0.116. The first kappa shape index (κ1) is 17.7. The smallest absolute Gasteiger partial charge is 0.307 e. The number of thiazole rings is 1. The van der Waals surface area contributed by atoms with E-state index >= 15 is 0 Å². The zero-order valence-electron chi connectivity index (χ0n) is 14.7. The lowest BCUT2D eigenvalue weighted by Gasteiger charge is -2.36. The van der Waals surface area contributed by atoms with Gasteiger partial charge in [-0.25, -0.2) is 0 Å². The van der Waals surface area contributed by atoms with Crippen molar-refractivity contribution in [2.75, 3.05) is 42.9 Å². The number of aromatic nitrogens is 1. The third-order valence-electron chi connectivity index (χ3n) is 4.62. The fourth-order valence-corrected chi connectivity index (χ4v) is 3.82. The van der Waals surface area contributed by atoms with Crippen LogP contribution in [0.25, 0.3) is 0 Å². The summed E-state index contributed by atoms with van der Waals surface area (Å²) in [6.45, 7) is 9.09. The monoisotopic (exact) mass is 360 g/mol. The van der Waals surface area contributed by atoms with Crippen LogP contribution in [0.5, 0.6) is 0 Å². The van der Waals surface area contributed by atoms with Gasteiger partial charge in [0, 0.05) is 37.3 Å². The molecule has 2 aromatic rings. The summed E-state index contributed by atoms with van der Waals surface area (Å²) in [5, 5.41) is 4.75. The Morgan fingerprint density at radius 1 is 1.20 bits per heavy atom. The van der Waals surface area contributed by atoms with Crippen LogP contribution in [0.15, 0.2) is 34.4 Å². The number of benzene rings is 1. The number of nitrogens with zero attached hydrogens (tertiary/aromatic N) is 3. The van der Waals surface area contributed by atoms with Crippen molar-refractivity contribution >= 4 is 28.6 Å². The average Bonchev–Trinajstić information content (AvgIpc) is 2.94. The Kier molecular flexibility index (Phi) is 5.55. The maximum atomic E-state index is 12.4. The van der Waals surface area contributed by atoms with Crippen LogP contribution in [0.3, 0.4) is 0 Å². The van der Waals surface area contributed by atoms with Gasteiger partial charge in [0.1, 0.15) is 6.54 Å². The molecule has 0 aliphatic carbocycles. The summed E-state index contributed by atoms with van der Waals surface area (Å²) in [6, 6.07) is 7.87.